The molecule has 0 bridgehead atoms. The van der Waals surface area contributed by atoms with Crippen LogP contribution in [0.2, 0.25) is 5.02 Å². The van der Waals surface area contributed by atoms with Crippen LogP contribution in [0.15, 0.2) is 36.8 Å². The lowest BCUT2D eigenvalue weighted by molar-refractivity contribution is 0.246. The number of pyridine rings is 1. The Morgan fingerprint density at radius 2 is 2.00 bits per heavy atom. The Balaban J connectivity index is 1.41. The van der Waals surface area contributed by atoms with E-state index in [0.29, 0.717) is 11.0 Å². The molecule has 0 radical (unpaired) electrons. The monoisotopic (exact) mass is 358 g/mol. The third-order valence-corrected chi connectivity index (χ3v) is 4.62. The van der Waals surface area contributed by atoms with E-state index in [2.05, 4.69) is 35.3 Å². The second-order valence-electron chi connectivity index (χ2n) is 5.99. The van der Waals surface area contributed by atoms with Gasteiger partial charge in [0.2, 0.25) is 0 Å². The van der Waals surface area contributed by atoms with E-state index >= 15 is 0 Å². The molecule has 1 aliphatic heterocycles. The summed E-state index contributed by atoms with van der Waals surface area (Å²) in [5.74, 6) is 0.737. The molecule has 0 atom stereocenters. The molecule has 1 fully saturated rings. The van der Waals surface area contributed by atoms with Gasteiger partial charge in [-0.15, -0.1) is 0 Å². The molecule has 130 valence electrons. The Morgan fingerprint density at radius 3 is 2.76 bits per heavy atom. The maximum absolute atomic E-state index is 6.25. The molecule has 0 unspecified atom stereocenters. The lowest BCUT2D eigenvalue weighted by atomic mass is 10.3. The lowest BCUT2D eigenvalue weighted by Crippen LogP contribution is -2.46. The first kappa shape index (κ1) is 16.1. The molecule has 25 heavy (non-hydrogen) atoms. The van der Waals surface area contributed by atoms with Crippen molar-refractivity contribution in [3.05, 3.63) is 47.5 Å². The van der Waals surface area contributed by atoms with E-state index in [9.17, 15) is 0 Å². The highest BCUT2D eigenvalue weighted by Crippen LogP contribution is 2.25. The second-order valence-corrected chi connectivity index (χ2v) is 6.40. The van der Waals surface area contributed by atoms with Crippen molar-refractivity contribution in [3.8, 4) is 6.01 Å². The molecular formula is C17H19ClN6O. The first-order chi connectivity index (χ1) is 12.2. The SMILES string of the molecule is COc1ncc(Cl)c(N2CCN(Cc3cn4ccccc4n3)CC2)n1. The van der Waals surface area contributed by atoms with E-state index in [4.69, 9.17) is 16.3 Å². The number of nitrogens with zero attached hydrogens (tertiary/aromatic N) is 6. The first-order valence-electron chi connectivity index (χ1n) is 8.19. The number of imidazole rings is 1. The number of fused-ring (bicyclic) bond motifs is 1. The molecule has 1 saturated heterocycles. The third-order valence-electron chi connectivity index (χ3n) is 4.36. The molecular weight excluding hydrogens is 340 g/mol. The maximum atomic E-state index is 6.25. The number of hydrogen-bond acceptors (Lipinski definition) is 6. The fourth-order valence-corrected chi connectivity index (χ4v) is 3.28. The van der Waals surface area contributed by atoms with Gasteiger partial charge in [-0.2, -0.15) is 4.98 Å². The van der Waals surface area contributed by atoms with Crippen LogP contribution in [0, 0.1) is 0 Å². The first-order valence-corrected chi connectivity index (χ1v) is 8.57. The van der Waals surface area contributed by atoms with Gasteiger partial charge in [0, 0.05) is 45.1 Å². The molecule has 8 heteroatoms. The van der Waals surface area contributed by atoms with Gasteiger partial charge in [0.15, 0.2) is 5.82 Å². The van der Waals surface area contributed by atoms with Gasteiger partial charge in [-0.1, -0.05) is 17.7 Å². The lowest BCUT2D eigenvalue weighted by Gasteiger charge is -2.35. The number of methoxy groups -OCH3 is 1. The second kappa shape index (κ2) is 6.85. The molecule has 0 aromatic carbocycles. The zero-order chi connectivity index (χ0) is 17.2. The normalized spacial score (nSPS) is 15.7. The molecule has 3 aromatic heterocycles. The van der Waals surface area contributed by atoms with Crippen LogP contribution in [0.1, 0.15) is 5.69 Å². The van der Waals surface area contributed by atoms with Crippen molar-refractivity contribution in [2.75, 3.05) is 38.2 Å². The predicted octanol–water partition coefficient (Wildman–Crippen LogP) is 2.11. The number of rotatable bonds is 4. The predicted molar refractivity (Wildman–Crippen MR) is 96.3 cm³/mol. The molecule has 0 saturated carbocycles. The molecule has 0 N–H and O–H groups in total. The average molecular weight is 359 g/mol. The van der Waals surface area contributed by atoms with Crippen LogP contribution in [0.3, 0.4) is 0 Å². The zero-order valence-corrected chi connectivity index (χ0v) is 14.7. The number of ether oxygens (including phenoxy) is 1. The average Bonchev–Trinajstić information content (AvgIpc) is 3.05. The summed E-state index contributed by atoms with van der Waals surface area (Å²) in [5.41, 5.74) is 2.07. The largest absolute Gasteiger partial charge is 0.467 e. The maximum Gasteiger partial charge on any atom is 0.318 e. The van der Waals surface area contributed by atoms with Crippen molar-refractivity contribution in [3.63, 3.8) is 0 Å². The highest BCUT2D eigenvalue weighted by atomic mass is 35.5. The molecule has 7 nitrogen and oxygen atoms in total. The van der Waals surface area contributed by atoms with Crippen LogP contribution < -0.4 is 9.64 Å². The summed E-state index contributed by atoms with van der Waals surface area (Å²) in [6, 6.07) is 6.37. The summed E-state index contributed by atoms with van der Waals surface area (Å²) in [4.78, 5) is 17.6. The number of aromatic nitrogens is 4. The summed E-state index contributed by atoms with van der Waals surface area (Å²) in [5, 5.41) is 0.551. The Bertz CT molecular complexity index is 841. The Hall–Kier alpha value is -2.38. The number of piperazine rings is 1. The minimum Gasteiger partial charge on any atom is -0.467 e. The van der Waals surface area contributed by atoms with E-state index in [0.717, 1.165) is 49.9 Å². The fraction of sp³-hybridized carbons (Fsp3) is 0.353. The molecule has 0 spiro atoms. The highest BCUT2D eigenvalue weighted by molar-refractivity contribution is 6.32. The Morgan fingerprint density at radius 1 is 1.16 bits per heavy atom. The summed E-state index contributed by atoms with van der Waals surface area (Å²) in [6.45, 7) is 4.41. The summed E-state index contributed by atoms with van der Waals surface area (Å²) in [7, 11) is 1.56. The van der Waals surface area contributed by atoms with Gasteiger partial charge in [0.25, 0.3) is 0 Å². The topological polar surface area (TPSA) is 58.8 Å². The van der Waals surface area contributed by atoms with Crippen LogP contribution in [0.5, 0.6) is 6.01 Å². The molecule has 3 aromatic rings. The van der Waals surface area contributed by atoms with Crippen LogP contribution in [-0.2, 0) is 6.54 Å². The van der Waals surface area contributed by atoms with Gasteiger partial charge in [0.1, 0.15) is 10.7 Å². The van der Waals surface area contributed by atoms with Gasteiger partial charge >= 0.3 is 6.01 Å². The third kappa shape index (κ3) is 3.38. The van der Waals surface area contributed by atoms with E-state index in [1.807, 2.05) is 24.4 Å². The summed E-state index contributed by atoms with van der Waals surface area (Å²) < 4.78 is 7.16. The Kier molecular flexibility index (Phi) is 4.42. The summed E-state index contributed by atoms with van der Waals surface area (Å²) >= 11 is 6.25. The highest BCUT2D eigenvalue weighted by Gasteiger charge is 2.21. The van der Waals surface area contributed by atoms with Crippen molar-refractivity contribution in [2.24, 2.45) is 0 Å². The van der Waals surface area contributed by atoms with E-state index in [1.165, 1.54) is 0 Å². The van der Waals surface area contributed by atoms with Crippen molar-refractivity contribution in [1.29, 1.82) is 0 Å². The van der Waals surface area contributed by atoms with Crippen LogP contribution in [0.25, 0.3) is 5.65 Å². The minimum atomic E-state index is 0.339. The van der Waals surface area contributed by atoms with Crippen LogP contribution >= 0.6 is 11.6 Å². The van der Waals surface area contributed by atoms with Crippen molar-refractivity contribution >= 4 is 23.1 Å². The van der Waals surface area contributed by atoms with Gasteiger partial charge < -0.3 is 14.0 Å². The number of halogens is 1. The minimum absolute atomic E-state index is 0.339. The standard InChI is InChI=1S/C17H19ClN6O/c1-25-17-19-10-14(18)16(21-17)23-8-6-22(7-9-23)11-13-12-24-5-3-2-4-15(24)20-13/h2-5,10,12H,6-9,11H2,1H3. The van der Waals surface area contributed by atoms with Gasteiger partial charge in [-0.3, -0.25) is 4.90 Å². The molecule has 4 rings (SSSR count). The fourth-order valence-electron chi connectivity index (χ4n) is 3.07. The van der Waals surface area contributed by atoms with Crippen LogP contribution in [0.4, 0.5) is 5.82 Å². The Labute approximate surface area is 150 Å². The smallest absolute Gasteiger partial charge is 0.318 e. The van der Waals surface area contributed by atoms with Crippen molar-refractivity contribution in [1.82, 2.24) is 24.3 Å². The van der Waals surface area contributed by atoms with Gasteiger partial charge in [0.05, 0.1) is 19.0 Å². The van der Waals surface area contributed by atoms with Crippen molar-refractivity contribution in [2.45, 2.75) is 6.54 Å². The van der Waals surface area contributed by atoms with E-state index < -0.39 is 0 Å². The molecule has 0 amide bonds. The molecule has 0 aliphatic carbocycles. The summed E-state index contributed by atoms with van der Waals surface area (Å²) in [6.07, 6.45) is 5.70. The quantitative estimate of drug-likeness (QED) is 0.712. The number of anilines is 1. The van der Waals surface area contributed by atoms with E-state index in [-0.39, 0.29) is 0 Å². The number of hydrogen-bond donors (Lipinski definition) is 0. The van der Waals surface area contributed by atoms with Crippen molar-refractivity contribution < 1.29 is 4.74 Å². The van der Waals surface area contributed by atoms with E-state index in [1.54, 1.807) is 13.3 Å². The van der Waals surface area contributed by atoms with Gasteiger partial charge in [-0.05, 0) is 12.1 Å². The molecule has 4 heterocycles. The van der Waals surface area contributed by atoms with Gasteiger partial charge in [-0.25, -0.2) is 9.97 Å². The molecule has 1 aliphatic rings. The van der Waals surface area contributed by atoms with Crippen LogP contribution in [-0.4, -0.2) is 57.5 Å². The zero-order valence-electron chi connectivity index (χ0n) is 14.0.